The molecule has 7 heteroatoms. The molecule has 3 aromatic rings. The van der Waals surface area contributed by atoms with Crippen molar-refractivity contribution in [3.63, 3.8) is 0 Å². The van der Waals surface area contributed by atoms with Gasteiger partial charge in [-0.15, -0.1) is 0 Å². The second-order valence-electron chi connectivity index (χ2n) is 5.17. The second kappa shape index (κ2) is 7.15. The molecule has 24 heavy (non-hydrogen) atoms. The molecule has 1 amide bonds. The van der Waals surface area contributed by atoms with E-state index in [1.807, 2.05) is 12.1 Å². The largest absolute Gasteiger partial charge is 0.325 e. The van der Waals surface area contributed by atoms with Crippen LogP contribution in [-0.4, -0.2) is 15.7 Å². The molecular formula is C17H13BrClN3O2. The lowest BCUT2D eigenvalue weighted by atomic mass is 10.2. The van der Waals surface area contributed by atoms with E-state index in [1.165, 1.54) is 6.20 Å². The lowest BCUT2D eigenvalue weighted by Crippen LogP contribution is -2.18. The molecule has 0 bridgehead atoms. The number of para-hydroxylation sites is 1. The Morgan fingerprint density at radius 3 is 2.83 bits per heavy atom. The van der Waals surface area contributed by atoms with Gasteiger partial charge in [0.25, 0.3) is 0 Å². The third kappa shape index (κ3) is 3.66. The lowest BCUT2D eigenvalue weighted by molar-refractivity contribution is -0.116. The van der Waals surface area contributed by atoms with Gasteiger partial charge in [0.15, 0.2) is 0 Å². The molecule has 0 unspecified atom stereocenters. The van der Waals surface area contributed by atoms with E-state index in [0.717, 1.165) is 4.47 Å². The van der Waals surface area contributed by atoms with Gasteiger partial charge in [-0.2, -0.15) is 5.10 Å². The molecule has 122 valence electrons. The number of carbonyl (C=O) groups is 1. The molecule has 0 aliphatic rings. The first-order valence-electron chi connectivity index (χ1n) is 7.24. The van der Waals surface area contributed by atoms with Crippen molar-refractivity contribution in [2.24, 2.45) is 0 Å². The Morgan fingerprint density at radius 1 is 1.25 bits per heavy atom. The van der Waals surface area contributed by atoms with Crippen LogP contribution in [0.1, 0.15) is 6.42 Å². The van der Waals surface area contributed by atoms with Crippen LogP contribution in [0.15, 0.2) is 57.9 Å². The summed E-state index contributed by atoms with van der Waals surface area (Å²) in [4.78, 5) is 23.9. The lowest BCUT2D eigenvalue weighted by Gasteiger charge is -2.10. The number of nitrogens with zero attached hydrogens (tertiary/aromatic N) is 2. The Balaban J connectivity index is 1.73. The summed E-state index contributed by atoms with van der Waals surface area (Å²) in [6.07, 6.45) is 1.48. The van der Waals surface area contributed by atoms with Gasteiger partial charge in [0, 0.05) is 16.3 Å². The molecule has 0 radical (unpaired) electrons. The van der Waals surface area contributed by atoms with Gasteiger partial charge in [-0.05, 0) is 30.3 Å². The van der Waals surface area contributed by atoms with Crippen molar-refractivity contribution in [2.45, 2.75) is 13.0 Å². The van der Waals surface area contributed by atoms with Crippen molar-refractivity contribution in [1.29, 1.82) is 0 Å². The number of fused-ring (bicyclic) bond motifs is 1. The Bertz CT molecular complexity index is 971. The molecule has 0 spiro atoms. The molecule has 1 aromatic heterocycles. The van der Waals surface area contributed by atoms with Crippen LogP contribution in [0, 0.1) is 0 Å². The van der Waals surface area contributed by atoms with E-state index in [1.54, 1.807) is 35.0 Å². The highest BCUT2D eigenvalue weighted by atomic mass is 79.9. The maximum absolute atomic E-state index is 12.1. The summed E-state index contributed by atoms with van der Waals surface area (Å²) in [5.74, 6) is -0.177. The summed E-state index contributed by atoms with van der Waals surface area (Å²) in [5, 5.41) is 7.93. The van der Waals surface area contributed by atoms with Crippen LogP contribution in [0.3, 0.4) is 0 Å². The average Bonchev–Trinajstić information content (AvgIpc) is 2.57. The van der Waals surface area contributed by atoms with Gasteiger partial charge in [-0.1, -0.05) is 39.7 Å². The van der Waals surface area contributed by atoms with Gasteiger partial charge in [-0.25, -0.2) is 0 Å². The van der Waals surface area contributed by atoms with Gasteiger partial charge < -0.3 is 5.32 Å². The van der Waals surface area contributed by atoms with Crippen molar-refractivity contribution < 1.29 is 4.79 Å². The number of hydrogen-bond acceptors (Lipinski definition) is 3. The van der Waals surface area contributed by atoms with Gasteiger partial charge in [-0.3, -0.25) is 14.3 Å². The van der Waals surface area contributed by atoms with Crippen molar-refractivity contribution in [1.82, 2.24) is 9.78 Å². The molecular weight excluding hydrogens is 394 g/mol. The molecule has 0 aliphatic carbocycles. The predicted molar refractivity (Wildman–Crippen MR) is 98.4 cm³/mol. The zero-order valence-corrected chi connectivity index (χ0v) is 14.8. The fourth-order valence-electron chi connectivity index (χ4n) is 2.35. The van der Waals surface area contributed by atoms with Crippen LogP contribution in [0.5, 0.6) is 0 Å². The summed E-state index contributed by atoms with van der Waals surface area (Å²) < 4.78 is 2.49. The SMILES string of the molecule is O=C(CCn1ncc(=O)c2ccccc21)Nc1ccc(Br)cc1Cl. The standard InChI is InChI=1S/C17H13BrClN3O2/c18-11-5-6-14(13(19)9-11)21-17(24)7-8-22-15-4-2-1-3-12(15)16(23)10-20-22/h1-6,9-10H,7-8H2,(H,21,24). The topological polar surface area (TPSA) is 64.0 Å². The average molecular weight is 407 g/mol. The molecule has 5 nitrogen and oxygen atoms in total. The zero-order chi connectivity index (χ0) is 17.1. The van der Waals surface area contributed by atoms with E-state index in [4.69, 9.17) is 11.6 Å². The number of carbonyl (C=O) groups excluding carboxylic acids is 1. The van der Waals surface area contributed by atoms with Crippen molar-refractivity contribution in [2.75, 3.05) is 5.32 Å². The number of halogens is 2. The third-order valence-electron chi connectivity index (χ3n) is 3.52. The van der Waals surface area contributed by atoms with Crippen LogP contribution in [0.2, 0.25) is 5.02 Å². The number of benzene rings is 2. The number of hydrogen-bond donors (Lipinski definition) is 1. The van der Waals surface area contributed by atoms with E-state index in [0.29, 0.717) is 28.2 Å². The van der Waals surface area contributed by atoms with E-state index in [2.05, 4.69) is 26.3 Å². The minimum atomic E-state index is -0.177. The molecule has 0 aliphatic heterocycles. The van der Waals surface area contributed by atoms with Crippen LogP contribution < -0.4 is 10.7 Å². The Hall–Kier alpha value is -2.18. The molecule has 1 N–H and O–H groups in total. The Morgan fingerprint density at radius 2 is 2.04 bits per heavy atom. The fraction of sp³-hybridized carbons (Fsp3) is 0.118. The van der Waals surface area contributed by atoms with Gasteiger partial charge in [0.2, 0.25) is 11.3 Å². The van der Waals surface area contributed by atoms with E-state index in [-0.39, 0.29) is 17.8 Å². The first-order valence-corrected chi connectivity index (χ1v) is 8.41. The molecule has 0 fully saturated rings. The first kappa shape index (κ1) is 16.7. The highest BCUT2D eigenvalue weighted by Crippen LogP contribution is 2.25. The number of anilines is 1. The summed E-state index contributed by atoms with van der Waals surface area (Å²) in [6.45, 7) is 0.362. The normalized spacial score (nSPS) is 10.8. The van der Waals surface area contributed by atoms with E-state index >= 15 is 0 Å². The van der Waals surface area contributed by atoms with Gasteiger partial charge >= 0.3 is 0 Å². The van der Waals surface area contributed by atoms with Crippen LogP contribution >= 0.6 is 27.5 Å². The molecule has 2 aromatic carbocycles. The maximum atomic E-state index is 12.1. The molecule has 1 heterocycles. The van der Waals surface area contributed by atoms with Crippen LogP contribution in [0.4, 0.5) is 5.69 Å². The number of amides is 1. The van der Waals surface area contributed by atoms with Gasteiger partial charge in [0.1, 0.15) is 0 Å². The number of aromatic nitrogens is 2. The van der Waals surface area contributed by atoms with Crippen LogP contribution in [-0.2, 0) is 11.3 Å². The maximum Gasteiger partial charge on any atom is 0.226 e. The summed E-state index contributed by atoms with van der Waals surface area (Å²) in [7, 11) is 0. The van der Waals surface area contributed by atoms with Crippen molar-refractivity contribution >= 4 is 50.0 Å². The van der Waals surface area contributed by atoms with E-state index < -0.39 is 0 Å². The monoisotopic (exact) mass is 405 g/mol. The fourth-order valence-corrected chi connectivity index (χ4v) is 3.07. The number of aryl methyl sites for hydroxylation is 1. The molecule has 0 saturated carbocycles. The molecule has 3 rings (SSSR count). The minimum absolute atomic E-state index is 0.132. The van der Waals surface area contributed by atoms with Crippen LogP contribution in [0.25, 0.3) is 10.9 Å². The van der Waals surface area contributed by atoms with Crippen molar-refractivity contribution in [3.05, 3.63) is 68.4 Å². The second-order valence-corrected chi connectivity index (χ2v) is 6.49. The molecule has 0 saturated heterocycles. The summed E-state index contributed by atoms with van der Waals surface area (Å²) in [6, 6.07) is 12.5. The zero-order valence-electron chi connectivity index (χ0n) is 12.5. The predicted octanol–water partition coefficient (Wildman–Crippen LogP) is 3.84. The third-order valence-corrected chi connectivity index (χ3v) is 4.32. The minimum Gasteiger partial charge on any atom is -0.325 e. The highest BCUT2D eigenvalue weighted by molar-refractivity contribution is 9.10. The number of nitrogens with one attached hydrogen (secondary N) is 1. The van der Waals surface area contributed by atoms with Crippen molar-refractivity contribution in [3.8, 4) is 0 Å². The molecule has 0 atom stereocenters. The summed E-state index contributed by atoms with van der Waals surface area (Å²) in [5.41, 5.74) is 1.13. The quantitative estimate of drug-likeness (QED) is 0.716. The Labute approximate surface area is 151 Å². The first-order chi connectivity index (χ1) is 11.5. The number of rotatable bonds is 4. The highest BCUT2D eigenvalue weighted by Gasteiger charge is 2.08. The Kier molecular flexibility index (Phi) is 4.97. The smallest absolute Gasteiger partial charge is 0.226 e. The van der Waals surface area contributed by atoms with E-state index in [9.17, 15) is 9.59 Å². The summed E-state index contributed by atoms with van der Waals surface area (Å²) >= 11 is 9.41. The van der Waals surface area contributed by atoms with Gasteiger partial charge in [0.05, 0.1) is 29.0 Å².